The second-order valence-electron chi connectivity index (χ2n) is 9.03. The van der Waals surface area contributed by atoms with Crippen molar-refractivity contribution >= 4 is 45.4 Å². The number of hydrogen-bond donors (Lipinski definition) is 0. The van der Waals surface area contributed by atoms with E-state index in [0.717, 1.165) is 56.0 Å². The minimum Gasteiger partial charge on any atom is -0.497 e. The van der Waals surface area contributed by atoms with Crippen LogP contribution in [-0.4, -0.2) is 36.0 Å². The quantitative estimate of drug-likeness (QED) is 0.277. The van der Waals surface area contributed by atoms with Crippen LogP contribution >= 0.6 is 11.8 Å². The van der Waals surface area contributed by atoms with Gasteiger partial charge in [0.2, 0.25) is 0 Å². The van der Waals surface area contributed by atoms with Gasteiger partial charge in [-0.3, -0.25) is 4.79 Å². The second-order valence-corrected chi connectivity index (χ2v) is 10.0. The number of amides is 1. The zero-order chi connectivity index (χ0) is 26.1. The molecule has 0 spiro atoms. The number of carbonyl (C=O) groups excluding carboxylic acids is 1. The van der Waals surface area contributed by atoms with Crippen molar-refractivity contribution in [3.05, 3.63) is 113 Å². The fraction of sp³-hybridized carbons (Fsp3) is 0.129. The number of aliphatic imine (C=N–C) groups is 1. The SMILES string of the molecule is COc1ccc(/C=C2\SC(=O)N=C2N2N=C(c3ccc4ccccc4c3)C[C@H]2c2ccc(OC)cc2)cc1. The summed E-state index contributed by atoms with van der Waals surface area (Å²) >= 11 is 1.12. The van der Waals surface area contributed by atoms with Crippen molar-refractivity contribution in [3.8, 4) is 11.5 Å². The van der Waals surface area contributed by atoms with Crippen LogP contribution in [0.15, 0.2) is 106 Å². The molecular weight excluding hydrogens is 494 g/mol. The molecule has 4 aromatic carbocycles. The molecule has 0 fully saturated rings. The molecule has 0 unspecified atom stereocenters. The van der Waals surface area contributed by atoms with E-state index in [-0.39, 0.29) is 11.3 Å². The Morgan fingerprint density at radius 2 is 1.55 bits per heavy atom. The largest absolute Gasteiger partial charge is 0.497 e. The zero-order valence-corrected chi connectivity index (χ0v) is 21.8. The summed E-state index contributed by atoms with van der Waals surface area (Å²) in [4.78, 5) is 17.7. The molecule has 1 amide bonds. The summed E-state index contributed by atoms with van der Waals surface area (Å²) in [7, 11) is 3.30. The summed E-state index contributed by atoms with van der Waals surface area (Å²) in [6.45, 7) is 0. The Bertz CT molecular complexity index is 1610. The van der Waals surface area contributed by atoms with Crippen LogP contribution in [0.3, 0.4) is 0 Å². The first-order valence-electron chi connectivity index (χ1n) is 12.3. The number of benzene rings is 4. The third-order valence-corrected chi connectivity index (χ3v) is 7.53. The number of hydrogen-bond acceptors (Lipinski definition) is 6. The van der Waals surface area contributed by atoms with Crippen LogP contribution in [-0.2, 0) is 0 Å². The number of methoxy groups -OCH3 is 2. The van der Waals surface area contributed by atoms with E-state index in [4.69, 9.17) is 14.6 Å². The Hall–Kier alpha value is -4.36. The molecule has 188 valence electrons. The van der Waals surface area contributed by atoms with Gasteiger partial charge in [0.05, 0.1) is 30.9 Å². The number of fused-ring (bicyclic) bond motifs is 1. The zero-order valence-electron chi connectivity index (χ0n) is 21.0. The molecule has 38 heavy (non-hydrogen) atoms. The monoisotopic (exact) mass is 519 g/mol. The maximum atomic E-state index is 12.6. The lowest BCUT2D eigenvalue weighted by Gasteiger charge is -2.24. The molecule has 0 radical (unpaired) electrons. The molecule has 0 saturated carbocycles. The van der Waals surface area contributed by atoms with Crippen molar-refractivity contribution in [1.29, 1.82) is 0 Å². The number of amidine groups is 1. The fourth-order valence-corrected chi connectivity index (χ4v) is 5.49. The van der Waals surface area contributed by atoms with Gasteiger partial charge in [0.25, 0.3) is 0 Å². The highest BCUT2D eigenvalue weighted by Gasteiger charge is 2.37. The van der Waals surface area contributed by atoms with Crippen LogP contribution in [0.2, 0.25) is 0 Å². The predicted octanol–water partition coefficient (Wildman–Crippen LogP) is 7.31. The first-order valence-corrected chi connectivity index (χ1v) is 13.1. The third kappa shape index (κ3) is 4.68. The van der Waals surface area contributed by atoms with Crippen LogP contribution in [0.1, 0.15) is 29.2 Å². The van der Waals surface area contributed by atoms with Crippen molar-refractivity contribution in [2.24, 2.45) is 10.1 Å². The summed E-state index contributed by atoms with van der Waals surface area (Å²) in [5, 5.41) is 9.07. The highest BCUT2D eigenvalue weighted by molar-refractivity contribution is 8.18. The number of rotatable bonds is 5. The molecule has 4 aromatic rings. The standard InChI is InChI=1S/C31H25N3O3S/c1-36-25-13-7-20(8-14-25)17-29-30(32-31(35)38-29)34-28(22-11-15-26(37-2)16-12-22)19-27(33-34)24-10-9-21-5-3-4-6-23(21)18-24/h3-18,28H,19H2,1-2H3/b29-17-/t28-/m0/s1. The van der Waals surface area contributed by atoms with E-state index in [9.17, 15) is 4.79 Å². The van der Waals surface area contributed by atoms with Crippen LogP contribution in [0.5, 0.6) is 11.5 Å². The van der Waals surface area contributed by atoms with E-state index < -0.39 is 0 Å². The fourth-order valence-electron chi connectivity index (χ4n) is 4.75. The van der Waals surface area contributed by atoms with Crippen LogP contribution in [0, 0.1) is 0 Å². The van der Waals surface area contributed by atoms with Gasteiger partial charge >= 0.3 is 5.24 Å². The van der Waals surface area contributed by atoms with E-state index in [1.165, 1.54) is 5.39 Å². The molecular formula is C31H25N3O3S. The van der Waals surface area contributed by atoms with Crippen LogP contribution in [0.25, 0.3) is 16.8 Å². The minimum atomic E-state index is -0.248. The molecule has 2 aliphatic heterocycles. The van der Waals surface area contributed by atoms with Crippen molar-refractivity contribution in [1.82, 2.24) is 5.01 Å². The van der Waals surface area contributed by atoms with Gasteiger partial charge in [0.15, 0.2) is 5.84 Å². The van der Waals surface area contributed by atoms with Gasteiger partial charge in [0, 0.05) is 6.42 Å². The normalized spacial score (nSPS) is 18.2. The molecule has 0 aliphatic carbocycles. The first-order chi connectivity index (χ1) is 18.6. The first kappa shape index (κ1) is 24.0. The molecule has 0 N–H and O–H groups in total. The Labute approximate surface area is 225 Å². The Balaban J connectivity index is 1.41. The molecule has 2 heterocycles. The van der Waals surface area contributed by atoms with Crippen molar-refractivity contribution in [3.63, 3.8) is 0 Å². The van der Waals surface area contributed by atoms with E-state index in [1.54, 1.807) is 14.2 Å². The highest BCUT2D eigenvalue weighted by Crippen LogP contribution is 2.40. The molecule has 0 bridgehead atoms. The topological polar surface area (TPSA) is 63.5 Å². The average Bonchev–Trinajstić information content (AvgIpc) is 3.56. The number of hydrazone groups is 1. The summed E-state index contributed by atoms with van der Waals surface area (Å²) in [5.41, 5.74) is 4.03. The molecule has 0 aromatic heterocycles. The van der Waals surface area contributed by atoms with Crippen LogP contribution in [0.4, 0.5) is 4.79 Å². The molecule has 6 nitrogen and oxygen atoms in total. The number of thioether (sulfide) groups is 1. The Morgan fingerprint density at radius 1 is 0.868 bits per heavy atom. The van der Waals surface area contributed by atoms with Gasteiger partial charge < -0.3 is 9.47 Å². The van der Waals surface area contributed by atoms with E-state index in [1.807, 2.05) is 71.7 Å². The predicted molar refractivity (Wildman–Crippen MR) is 154 cm³/mol. The van der Waals surface area contributed by atoms with Crippen molar-refractivity contribution < 1.29 is 14.3 Å². The van der Waals surface area contributed by atoms with Crippen molar-refractivity contribution in [2.75, 3.05) is 14.2 Å². The van der Waals surface area contributed by atoms with E-state index in [2.05, 4.69) is 35.3 Å². The number of ether oxygens (including phenoxy) is 2. The molecule has 6 rings (SSSR count). The van der Waals surface area contributed by atoms with Gasteiger partial charge in [-0.2, -0.15) is 10.1 Å². The number of carbonyl (C=O) groups is 1. The maximum absolute atomic E-state index is 12.6. The lowest BCUT2D eigenvalue weighted by atomic mass is 9.97. The van der Waals surface area contributed by atoms with Gasteiger partial charge in [-0.25, -0.2) is 5.01 Å². The van der Waals surface area contributed by atoms with E-state index in [0.29, 0.717) is 12.3 Å². The van der Waals surface area contributed by atoms with Gasteiger partial charge in [-0.05, 0) is 75.6 Å². The molecule has 7 heteroatoms. The van der Waals surface area contributed by atoms with E-state index >= 15 is 0 Å². The van der Waals surface area contributed by atoms with Crippen molar-refractivity contribution in [2.45, 2.75) is 12.5 Å². The summed E-state index contributed by atoms with van der Waals surface area (Å²) in [6.07, 6.45) is 2.65. The second kappa shape index (κ2) is 10.2. The van der Waals surface area contributed by atoms with Gasteiger partial charge in [-0.15, -0.1) is 0 Å². The lowest BCUT2D eigenvalue weighted by molar-refractivity contribution is 0.267. The summed E-state index contributed by atoms with van der Waals surface area (Å²) < 4.78 is 10.7. The highest BCUT2D eigenvalue weighted by atomic mass is 32.2. The average molecular weight is 520 g/mol. The van der Waals surface area contributed by atoms with Crippen LogP contribution < -0.4 is 9.47 Å². The maximum Gasteiger partial charge on any atom is 0.311 e. The smallest absolute Gasteiger partial charge is 0.311 e. The number of nitrogens with zero attached hydrogens (tertiary/aromatic N) is 3. The summed E-state index contributed by atoms with van der Waals surface area (Å²) in [6, 6.07) is 30.3. The van der Waals surface area contributed by atoms with Gasteiger partial charge in [0.1, 0.15) is 11.5 Å². The third-order valence-electron chi connectivity index (χ3n) is 6.74. The minimum absolute atomic E-state index is 0.119. The molecule has 2 aliphatic rings. The lowest BCUT2D eigenvalue weighted by Crippen LogP contribution is -2.26. The molecule has 0 saturated heterocycles. The Morgan fingerprint density at radius 3 is 2.26 bits per heavy atom. The summed E-state index contributed by atoms with van der Waals surface area (Å²) in [5.74, 6) is 2.13. The molecule has 1 atom stereocenters. The Kier molecular flexibility index (Phi) is 6.43. The van der Waals surface area contributed by atoms with Gasteiger partial charge in [-0.1, -0.05) is 60.7 Å².